The summed E-state index contributed by atoms with van der Waals surface area (Å²) in [6, 6.07) is 5.41. The maximum absolute atomic E-state index is 10.4. The van der Waals surface area contributed by atoms with E-state index < -0.39 is 5.97 Å². The lowest BCUT2D eigenvalue weighted by Gasteiger charge is -1.94. The summed E-state index contributed by atoms with van der Waals surface area (Å²) in [6.07, 6.45) is -0.279. The second-order valence-electron chi connectivity index (χ2n) is 3.25. The number of carboxylic acid groups (broad SMARTS) is 1. The highest BCUT2D eigenvalue weighted by molar-refractivity contribution is 5.68. The van der Waals surface area contributed by atoms with Crippen LogP contribution >= 0.6 is 0 Å². The van der Waals surface area contributed by atoms with Crippen molar-refractivity contribution in [3.05, 3.63) is 29.8 Å². The van der Waals surface area contributed by atoms with Crippen molar-refractivity contribution in [1.29, 1.82) is 0 Å². The summed E-state index contributed by atoms with van der Waals surface area (Å²) < 4.78 is 4.79. The zero-order valence-corrected chi connectivity index (χ0v) is 8.54. The molecule has 0 bridgehead atoms. The molecule has 2 aromatic heterocycles. The number of pyridine rings is 1. The Balaban J connectivity index is 2.28. The minimum absolute atomic E-state index is 0.0748. The van der Waals surface area contributed by atoms with Gasteiger partial charge in [0.2, 0.25) is 11.7 Å². The average molecular weight is 219 g/mol. The molecule has 82 valence electrons. The van der Waals surface area contributed by atoms with Gasteiger partial charge in [-0.1, -0.05) is 11.2 Å². The lowest BCUT2D eigenvalue weighted by atomic mass is 10.3. The van der Waals surface area contributed by atoms with Crippen molar-refractivity contribution in [3.63, 3.8) is 0 Å². The highest BCUT2D eigenvalue weighted by Crippen LogP contribution is 2.13. The number of carbonyl (C=O) groups is 1. The molecular formula is C10H9N3O3. The molecule has 0 aliphatic carbocycles. The highest BCUT2D eigenvalue weighted by atomic mass is 16.5. The van der Waals surface area contributed by atoms with Crippen molar-refractivity contribution in [2.75, 3.05) is 0 Å². The van der Waals surface area contributed by atoms with E-state index in [2.05, 4.69) is 15.1 Å². The van der Waals surface area contributed by atoms with Crippen LogP contribution in [0.15, 0.2) is 22.7 Å². The Morgan fingerprint density at radius 3 is 2.94 bits per heavy atom. The Bertz CT molecular complexity index is 522. The van der Waals surface area contributed by atoms with E-state index in [1.165, 1.54) is 0 Å². The van der Waals surface area contributed by atoms with Crippen LogP contribution in [0.3, 0.4) is 0 Å². The van der Waals surface area contributed by atoms with Gasteiger partial charge in [-0.25, -0.2) is 4.98 Å². The molecule has 2 aromatic rings. The van der Waals surface area contributed by atoms with Crippen LogP contribution in [0.4, 0.5) is 0 Å². The molecule has 0 saturated heterocycles. The Kier molecular flexibility index (Phi) is 2.63. The van der Waals surface area contributed by atoms with E-state index in [0.717, 1.165) is 5.69 Å². The predicted molar refractivity (Wildman–Crippen MR) is 53.6 cm³/mol. The molecule has 2 heterocycles. The van der Waals surface area contributed by atoms with Crippen molar-refractivity contribution >= 4 is 5.97 Å². The van der Waals surface area contributed by atoms with Gasteiger partial charge in [-0.05, 0) is 19.1 Å². The number of aromatic nitrogens is 3. The fraction of sp³-hybridized carbons (Fsp3) is 0.200. The molecule has 0 aliphatic heterocycles. The van der Waals surface area contributed by atoms with Gasteiger partial charge in [-0.2, -0.15) is 4.98 Å². The summed E-state index contributed by atoms with van der Waals surface area (Å²) in [5.41, 5.74) is 1.41. The van der Waals surface area contributed by atoms with Crippen LogP contribution in [-0.2, 0) is 11.2 Å². The first-order valence-corrected chi connectivity index (χ1v) is 4.63. The number of hydrogen-bond acceptors (Lipinski definition) is 5. The molecule has 0 atom stereocenters. The second-order valence-corrected chi connectivity index (χ2v) is 3.25. The van der Waals surface area contributed by atoms with Crippen LogP contribution < -0.4 is 0 Å². The van der Waals surface area contributed by atoms with Crippen LogP contribution in [-0.4, -0.2) is 26.2 Å². The standard InChI is InChI=1S/C10H9N3O3/c1-6-3-2-4-7(11-6)10-12-8(16-13-10)5-9(14)15/h2-4H,5H2,1H3,(H,14,15). The van der Waals surface area contributed by atoms with Gasteiger partial charge < -0.3 is 9.63 Å². The Morgan fingerprint density at radius 1 is 1.44 bits per heavy atom. The van der Waals surface area contributed by atoms with Crippen LogP contribution in [0.25, 0.3) is 11.5 Å². The minimum atomic E-state index is -1.01. The third kappa shape index (κ3) is 2.22. The van der Waals surface area contributed by atoms with Gasteiger partial charge in [-0.15, -0.1) is 0 Å². The molecule has 0 fully saturated rings. The van der Waals surface area contributed by atoms with Crippen LogP contribution in [0.1, 0.15) is 11.6 Å². The van der Waals surface area contributed by atoms with Crippen LogP contribution in [0.5, 0.6) is 0 Å². The number of aliphatic carboxylic acids is 1. The van der Waals surface area contributed by atoms with Crippen molar-refractivity contribution in [1.82, 2.24) is 15.1 Å². The molecule has 1 N–H and O–H groups in total. The van der Waals surface area contributed by atoms with Crippen LogP contribution in [0.2, 0.25) is 0 Å². The minimum Gasteiger partial charge on any atom is -0.481 e. The number of carboxylic acids is 1. The summed E-state index contributed by atoms with van der Waals surface area (Å²) in [4.78, 5) is 18.6. The van der Waals surface area contributed by atoms with Gasteiger partial charge in [-0.3, -0.25) is 4.79 Å². The summed E-state index contributed by atoms with van der Waals surface area (Å²) in [5, 5.41) is 12.2. The molecule has 6 nitrogen and oxygen atoms in total. The molecule has 2 rings (SSSR count). The molecule has 0 unspecified atom stereocenters. The first-order chi connectivity index (χ1) is 7.65. The molecule has 6 heteroatoms. The zero-order valence-electron chi connectivity index (χ0n) is 8.54. The number of nitrogens with zero attached hydrogens (tertiary/aromatic N) is 3. The summed E-state index contributed by atoms with van der Waals surface area (Å²) in [7, 11) is 0. The summed E-state index contributed by atoms with van der Waals surface area (Å²) in [6.45, 7) is 1.85. The third-order valence-corrected chi connectivity index (χ3v) is 1.89. The largest absolute Gasteiger partial charge is 0.481 e. The van der Waals surface area contributed by atoms with Crippen molar-refractivity contribution in [3.8, 4) is 11.5 Å². The Morgan fingerprint density at radius 2 is 2.25 bits per heavy atom. The van der Waals surface area contributed by atoms with Crippen LogP contribution in [0, 0.1) is 6.92 Å². The molecule has 0 aromatic carbocycles. The van der Waals surface area contributed by atoms with E-state index in [9.17, 15) is 4.79 Å². The number of rotatable bonds is 3. The fourth-order valence-corrected chi connectivity index (χ4v) is 1.23. The predicted octanol–water partition coefficient (Wildman–Crippen LogP) is 1.07. The first-order valence-electron chi connectivity index (χ1n) is 4.63. The van der Waals surface area contributed by atoms with Crippen molar-refractivity contribution in [2.45, 2.75) is 13.3 Å². The first kappa shape index (κ1) is 10.3. The smallest absolute Gasteiger partial charge is 0.312 e. The van der Waals surface area contributed by atoms with E-state index in [0.29, 0.717) is 11.5 Å². The Hall–Kier alpha value is -2.24. The van der Waals surface area contributed by atoms with Crippen molar-refractivity contribution in [2.24, 2.45) is 0 Å². The van der Waals surface area contributed by atoms with E-state index in [-0.39, 0.29) is 12.3 Å². The summed E-state index contributed by atoms with van der Waals surface area (Å²) >= 11 is 0. The van der Waals surface area contributed by atoms with E-state index in [4.69, 9.17) is 9.63 Å². The summed E-state index contributed by atoms with van der Waals surface area (Å²) in [5.74, 6) is -0.627. The average Bonchev–Trinajstić information content (AvgIpc) is 2.65. The SMILES string of the molecule is Cc1cccc(-c2noc(CC(=O)O)n2)n1. The molecule has 16 heavy (non-hydrogen) atoms. The molecule has 0 saturated carbocycles. The monoisotopic (exact) mass is 219 g/mol. The normalized spacial score (nSPS) is 10.3. The lowest BCUT2D eigenvalue weighted by Crippen LogP contribution is -2.00. The van der Waals surface area contributed by atoms with Crippen molar-refractivity contribution < 1.29 is 14.4 Å². The van der Waals surface area contributed by atoms with Gasteiger partial charge in [0.25, 0.3) is 0 Å². The molecule has 0 spiro atoms. The zero-order chi connectivity index (χ0) is 11.5. The fourth-order valence-electron chi connectivity index (χ4n) is 1.23. The van der Waals surface area contributed by atoms with E-state index in [1.807, 2.05) is 19.1 Å². The molecular weight excluding hydrogens is 210 g/mol. The van der Waals surface area contributed by atoms with E-state index in [1.54, 1.807) is 6.07 Å². The molecule has 0 amide bonds. The van der Waals surface area contributed by atoms with Gasteiger partial charge in [0.15, 0.2) is 0 Å². The second kappa shape index (κ2) is 4.09. The number of aryl methyl sites for hydroxylation is 1. The quantitative estimate of drug-likeness (QED) is 0.830. The van der Waals surface area contributed by atoms with Gasteiger partial charge in [0.05, 0.1) is 0 Å². The Labute approximate surface area is 90.9 Å². The maximum atomic E-state index is 10.4. The highest BCUT2D eigenvalue weighted by Gasteiger charge is 2.12. The third-order valence-electron chi connectivity index (χ3n) is 1.89. The lowest BCUT2D eigenvalue weighted by molar-refractivity contribution is -0.136. The van der Waals surface area contributed by atoms with E-state index >= 15 is 0 Å². The van der Waals surface area contributed by atoms with Gasteiger partial charge in [0, 0.05) is 5.69 Å². The molecule has 0 radical (unpaired) electrons. The number of hydrogen-bond donors (Lipinski definition) is 1. The molecule has 0 aliphatic rings. The van der Waals surface area contributed by atoms with Gasteiger partial charge in [0.1, 0.15) is 12.1 Å². The maximum Gasteiger partial charge on any atom is 0.312 e. The van der Waals surface area contributed by atoms with Gasteiger partial charge >= 0.3 is 5.97 Å². The topological polar surface area (TPSA) is 89.1 Å².